The van der Waals surface area contributed by atoms with Crippen molar-refractivity contribution in [2.75, 3.05) is 0 Å². The summed E-state index contributed by atoms with van der Waals surface area (Å²) >= 11 is 2.29. The fourth-order valence-corrected chi connectivity index (χ4v) is 2.77. The zero-order chi connectivity index (χ0) is 14.0. The summed E-state index contributed by atoms with van der Waals surface area (Å²) in [5.74, 6) is 0. The van der Waals surface area contributed by atoms with Crippen LogP contribution in [-0.4, -0.2) is 5.11 Å². The van der Waals surface area contributed by atoms with Crippen LogP contribution in [0.15, 0.2) is 42.5 Å². The van der Waals surface area contributed by atoms with Crippen molar-refractivity contribution in [1.82, 2.24) is 0 Å². The van der Waals surface area contributed by atoms with Crippen molar-refractivity contribution < 1.29 is 5.11 Å². The molecule has 0 aromatic heterocycles. The minimum atomic E-state index is -0.830. The largest absolute Gasteiger partial charge is 0.385 e. The number of benzene rings is 2. The van der Waals surface area contributed by atoms with Gasteiger partial charge >= 0.3 is 0 Å². The number of aliphatic hydroxyl groups is 1. The van der Waals surface area contributed by atoms with Gasteiger partial charge in [0, 0.05) is 9.99 Å². The van der Waals surface area contributed by atoms with Crippen LogP contribution in [0, 0.1) is 17.4 Å². The Morgan fingerprint density at radius 3 is 2.32 bits per heavy atom. The fraction of sp³-hybridized carbons (Fsp3) is 0.294. The molecule has 0 amide bonds. The van der Waals surface area contributed by atoms with E-state index in [-0.39, 0.29) is 0 Å². The highest BCUT2D eigenvalue weighted by Crippen LogP contribution is 2.29. The molecule has 2 aromatic carbocycles. The molecule has 0 aliphatic carbocycles. The van der Waals surface area contributed by atoms with Crippen molar-refractivity contribution in [1.29, 1.82) is 0 Å². The smallest absolute Gasteiger partial charge is 0.0911 e. The molecule has 2 rings (SSSR count). The maximum atomic E-state index is 10.8. The zero-order valence-corrected chi connectivity index (χ0v) is 13.7. The lowest BCUT2D eigenvalue weighted by atomic mass is 9.85. The summed E-state index contributed by atoms with van der Waals surface area (Å²) < 4.78 is 1.22. The summed E-state index contributed by atoms with van der Waals surface area (Å²) in [6.45, 7) is 6.01. The highest BCUT2D eigenvalue weighted by Gasteiger charge is 2.25. The predicted molar refractivity (Wildman–Crippen MR) is 88.3 cm³/mol. The van der Waals surface area contributed by atoms with E-state index in [1.807, 2.05) is 6.92 Å². The van der Waals surface area contributed by atoms with Gasteiger partial charge in [-0.1, -0.05) is 35.9 Å². The van der Waals surface area contributed by atoms with Crippen LogP contribution in [0.4, 0.5) is 0 Å². The van der Waals surface area contributed by atoms with Crippen molar-refractivity contribution >= 4 is 22.6 Å². The molecule has 100 valence electrons. The van der Waals surface area contributed by atoms with E-state index in [4.69, 9.17) is 0 Å². The van der Waals surface area contributed by atoms with Gasteiger partial charge in [-0.05, 0) is 72.2 Å². The molecule has 1 unspecified atom stereocenters. The van der Waals surface area contributed by atoms with E-state index in [0.717, 1.165) is 16.7 Å². The van der Waals surface area contributed by atoms with Crippen LogP contribution in [-0.2, 0) is 12.0 Å². The standard InChI is InChI=1S/C17H19IO/c1-12-4-5-13(2)16(10-12)17(3,19)11-14-6-8-15(18)9-7-14/h4-10,19H,11H2,1-3H3. The number of hydrogen-bond donors (Lipinski definition) is 1. The third kappa shape index (κ3) is 3.57. The molecule has 0 saturated carbocycles. The molecule has 0 fully saturated rings. The van der Waals surface area contributed by atoms with Crippen LogP contribution >= 0.6 is 22.6 Å². The maximum absolute atomic E-state index is 10.8. The lowest BCUT2D eigenvalue weighted by molar-refractivity contribution is 0.0569. The number of aryl methyl sites for hydroxylation is 2. The first-order valence-electron chi connectivity index (χ1n) is 6.43. The van der Waals surface area contributed by atoms with Gasteiger partial charge in [-0.15, -0.1) is 0 Å². The highest BCUT2D eigenvalue weighted by molar-refractivity contribution is 14.1. The van der Waals surface area contributed by atoms with Gasteiger partial charge in [0.15, 0.2) is 0 Å². The van der Waals surface area contributed by atoms with Crippen LogP contribution < -0.4 is 0 Å². The van der Waals surface area contributed by atoms with Gasteiger partial charge < -0.3 is 5.11 Å². The van der Waals surface area contributed by atoms with Gasteiger partial charge in [-0.2, -0.15) is 0 Å². The molecule has 2 heteroatoms. The fourth-order valence-electron chi connectivity index (χ4n) is 2.41. The van der Waals surface area contributed by atoms with E-state index < -0.39 is 5.60 Å². The van der Waals surface area contributed by atoms with Gasteiger partial charge in [-0.3, -0.25) is 0 Å². The van der Waals surface area contributed by atoms with Crippen molar-refractivity contribution in [3.8, 4) is 0 Å². The summed E-state index contributed by atoms with van der Waals surface area (Å²) in [6, 6.07) is 14.6. The lowest BCUT2D eigenvalue weighted by Crippen LogP contribution is -2.25. The Morgan fingerprint density at radius 2 is 1.68 bits per heavy atom. The van der Waals surface area contributed by atoms with Crippen LogP contribution in [0.25, 0.3) is 0 Å². The van der Waals surface area contributed by atoms with Gasteiger partial charge in [0.25, 0.3) is 0 Å². The monoisotopic (exact) mass is 366 g/mol. The van der Waals surface area contributed by atoms with Crippen molar-refractivity contribution in [2.24, 2.45) is 0 Å². The Bertz CT molecular complexity index is 570. The van der Waals surface area contributed by atoms with Crippen LogP contribution in [0.2, 0.25) is 0 Å². The lowest BCUT2D eigenvalue weighted by Gasteiger charge is -2.26. The van der Waals surface area contributed by atoms with Crippen molar-refractivity contribution in [3.05, 3.63) is 68.3 Å². The second kappa shape index (κ2) is 5.63. The van der Waals surface area contributed by atoms with Crippen LogP contribution in [0.3, 0.4) is 0 Å². The first-order chi connectivity index (χ1) is 8.88. The molecule has 1 atom stereocenters. The molecule has 0 radical (unpaired) electrons. The molecule has 0 bridgehead atoms. The van der Waals surface area contributed by atoms with Crippen molar-refractivity contribution in [3.63, 3.8) is 0 Å². The first kappa shape index (κ1) is 14.5. The van der Waals surface area contributed by atoms with Crippen LogP contribution in [0.1, 0.15) is 29.2 Å². The van der Waals surface area contributed by atoms with E-state index in [1.54, 1.807) is 0 Å². The number of rotatable bonds is 3. The van der Waals surface area contributed by atoms with E-state index in [1.165, 1.54) is 9.13 Å². The summed E-state index contributed by atoms with van der Waals surface area (Å²) in [4.78, 5) is 0. The Labute approximate surface area is 128 Å². The summed E-state index contributed by atoms with van der Waals surface area (Å²) in [6.07, 6.45) is 0.633. The first-order valence-corrected chi connectivity index (χ1v) is 7.51. The molecule has 2 aromatic rings. The van der Waals surface area contributed by atoms with E-state index in [9.17, 15) is 5.11 Å². The minimum Gasteiger partial charge on any atom is -0.385 e. The van der Waals surface area contributed by atoms with E-state index >= 15 is 0 Å². The number of hydrogen-bond acceptors (Lipinski definition) is 1. The van der Waals surface area contributed by atoms with Gasteiger partial charge in [0.2, 0.25) is 0 Å². The second-order valence-corrected chi connectivity index (χ2v) is 6.64. The van der Waals surface area contributed by atoms with Crippen LogP contribution in [0.5, 0.6) is 0 Å². The molecular weight excluding hydrogens is 347 g/mol. The normalized spacial score (nSPS) is 14.2. The maximum Gasteiger partial charge on any atom is 0.0911 e. The summed E-state index contributed by atoms with van der Waals surface area (Å²) in [7, 11) is 0. The average Bonchev–Trinajstić information content (AvgIpc) is 2.35. The summed E-state index contributed by atoms with van der Waals surface area (Å²) in [5.41, 5.74) is 3.67. The minimum absolute atomic E-state index is 0.633. The quantitative estimate of drug-likeness (QED) is 0.801. The molecule has 0 aliphatic heterocycles. The Balaban J connectivity index is 2.31. The predicted octanol–water partition coefficient (Wildman–Crippen LogP) is 4.36. The molecule has 0 saturated heterocycles. The summed E-state index contributed by atoms with van der Waals surface area (Å²) in [5, 5.41) is 10.8. The van der Waals surface area contributed by atoms with Crippen molar-refractivity contribution in [2.45, 2.75) is 32.8 Å². The topological polar surface area (TPSA) is 20.2 Å². The molecule has 0 aliphatic rings. The van der Waals surface area contributed by atoms with Gasteiger partial charge in [-0.25, -0.2) is 0 Å². The SMILES string of the molecule is Cc1ccc(C)c(C(C)(O)Cc2ccc(I)cc2)c1. The second-order valence-electron chi connectivity index (χ2n) is 5.40. The van der Waals surface area contributed by atoms with Gasteiger partial charge in [0.05, 0.1) is 5.60 Å². The highest BCUT2D eigenvalue weighted by atomic mass is 127. The number of halogens is 1. The average molecular weight is 366 g/mol. The Kier molecular flexibility index (Phi) is 4.31. The van der Waals surface area contributed by atoms with Gasteiger partial charge in [0.1, 0.15) is 0 Å². The van der Waals surface area contributed by atoms with E-state index in [0.29, 0.717) is 6.42 Å². The molecule has 1 N–H and O–H groups in total. The van der Waals surface area contributed by atoms with E-state index in [2.05, 4.69) is 78.9 Å². The molecular formula is C17H19IO. The molecule has 0 heterocycles. The zero-order valence-electron chi connectivity index (χ0n) is 11.6. The Hall–Kier alpha value is -0.870. The molecule has 0 spiro atoms. The molecule has 1 nitrogen and oxygen atoms in total. The molecule has 19 heavy (non-hydrogen) atoms. The Morgan fingerprint density at radius 1 is 1.05 bits per heavy atom. The third-order valence-corrected chi connectivity index (χ3v) is 4.15. The third-order valence-electron chi connectivity index (χ3n) is 3.43.